The Morgan fingerprint density at radius 1 is 1.12 bits per heavy atom. The van der Waals surface area contributed by atoms with E-state index in [9.17, 15) is 13.2 Å². The molecule has 212 valence electrons. The molecule has 0 N–H and O–H groups in total. The summed E-state index contributed by atoms with van der Waals surface area (Å²) in [6, 6.07) is 7.42. The van der Waals surface area contributed by atoms with Crippen molar-refractivity contribution in [1.82, 2.24) is 14.5 Å². The van der Waals surface area contributed by atoms with Crippen molar-refractivity contribution in [3.63, 3.8) is 0 Å². The molecular weight excluding hydrogens is 521 g/mol. The van der Waals surface area contributed by atoms with Crippen LogP contribution in [0.25, 0.3) is 11.8 Å². The maximum Gasteiger partial charge on any atom is 0.194 e. The van der Waals surface area contributed by atoms with Crippen molar-refractivity contribution in [1.29, 1.82) is 0 Å². The van der Waals surface area contributed by atoms with Crippen LogP contribution in [0, 0.1) is 24.4 Å². The lowest BCUT2D eigenvalue weighted by molar-refractivity contribution is -0.174. The first-order valence-corrected chi connectivity index (χ1v) is 13.0. The summed E-state index contributed by atoms with van der Waals surface area (Å²) >= 11 is 0. The molecule has 0 bridgehead atoms. The van der Waals surface area contributed by atoms with Crippen molar-refractivity contribution in [2.24, 2.45) is 5.16 Å². The monoisotopic (exact) mass is 554 g/mol. The topological polar surface area (TPSA) is 61.1 Å². The molecule has 0 radical (unpaired) electrons. The van der Waals surface area contributed by atoms with Gasteiger partial charge in [-0.05, 0) is 79.6 Å². The highest BCUT2D eigenvalue weighted by Crippen LogP contribution is 2.46. The first-order chi connectivity index (χ1) is 18.9. The molecule has 2 saturated heterocycles. The number of rotatable bonds is 4. The molecule has 0 saturated carbocycles. The lowest BCUT2D eigenvalue weighted by Gasteiger charge is -2.51. The van der Waals surface area contributed by atoms with Crippen LogP contribution in [0.5, 0.6) is 5.75 Å². The molecule has 1 aromatic heterocycles. The van der Waals surface area contributed by atoms with Gasteiger partial charge in [0.25, 0.3) is 0 Å². The van der Waals surface area contributed by atoms with Crippen molar-refractivity contribution in [3.8, 4) is 11.4 Å². The lowest BCUT2D eigenvalue weighted by Crippen LogP contribution is -2.58. The number of aromatic nitrogens is 2. The molecule has 2 atom stereocenters. The summed E-state index contributed by atoms with van der Waals surface area (Å²) in [7, 11) is 1.62. The second-order valence-electron chi connectivity index (χ2n) is 10.2. The first-order valence-electron chi connectivity index (χ1n) is 13.0. The van der Waals surface area contributed by atoms with Crippen molar-refractivity contribution in [2.45, 2.75) is 51.7 Å². The number of piperidine rings is 1. The van der Waals surface area contributed by atoms with Gasteiger partial charge in [-0.15, -0.1) is 0 Å². The number of hydrogen-bond acceptors (Lipinski definition) is 6. The Bertz CT molecular complexity index is 1440. The number of amidine groups is 1. The zero-order valence-corrected chi connectivity index (χ0v) is 21.8. The van der Waals surface area contributed by atoms with Crippen molar-refractivity contribution in [3.05, 3.63) is 82.7 Å². The third-order valence-electron chi connectivity index (χ3n) is 7.62. The van der Waals surface area contributed by atoms with Crippen LogP contribution in [0.2, 0.25) is 0 Å². The fourth-order valence-electron chi connectivity index (χ4n) is 5.86. The van der Waals surface area contributed by atoms with E-state index in [1.165, 1.54) is 0 Å². The van der Waals surface area contributed by atoms with Crippen molar-refractivity contribution in [2.75, 3.05) is 26.9 Å². The molecule has 2 aromatic carbocycles. The van der Waals surface area contributed by atoms with E-state index in [0.29, 0.717) is 43.1 Å². The van der Waals surface area contributed by atoms with Crippen LogP contribution in [0.1, 0.15) is 56.0 Å². The van der Waals surface area contributed by atoms with Gasteiger partial charge in [0.2, 0.25) is 0 Å². The number of methoxy groups -OCH3 is 1. The average Bonchev–Trinajstić information content (AvgIpc) is 3.37. The maximum atomic E-state index is 14.4. The minimum atomic E-state index is -1.49. The molecule has 7 nitrogen and oxygen atoms in total. The van der Waals surface area contributed by atoms with Crippen LogP contribution in [0.15, 0.2) is 53.6 Å². The smallest absolute Gasteiger partial charge is 0.194 e. The third-order valence-corrected chi connectivity index (χ3v) is 7.62. The highest BCUT2D eigenvalue weighted by atomic mass is 19.2. The number of benzene rings is 2. The number of aryl methyl sites for hydroxylation is 1. The molecule has 0 aliphatic carbocycles. The third kappa shape index (κ3) is 4.85. The normalized spacial score (nSPS) is 23.3. The van der Waals surface area contributed by atoms with Gasteiger partial charge in [-0.2, -0.15) is 0 Å². The van der Waals surface area contributed by atoms with Crippen LogP contribution >= 0.6 is 0 Å². The highest BCUT2D eigenvalue weighted by molar-refractivity contribution is 6.03. The van der Waals surface area contributed by atoms with E-state index < -0.39 is 29.1 Å². The summed E-state index contributed by atoms with van der Waals surface area (Å²) in [4.78, 5) is 12.5. The number of halogens is 3. The number of fused-ring (bicyclic) bond motifs is 1. The Labute approximate surface area is 231 Å². The van der Waals surface area contributed by atoms with Gasteiger partial charge in [0, 0.05) is 19.3 Å². The molecule has 3 aromatic rings. The number of nitrogens with zero attached hydrogens (tertiary/aromatic N) is 4. The van der Waals surface area contributed by atoms with E-state index in [-0.39, 0.29) is 14.0 Å². The minimum absolute atomic E-state index is 0. The molecule has 3 aliphatic heterocycles. The summed E-state index contributed by atoms with van der Waals surface area (Å²) in [5.74, 6) is -2.66. The molecule has 2 fully saturated rings. The minimum Gasteiger partial charge on any atom is -0.495 e. The van der Waals surface area contributed by atoms with Crippen LogP contribution in [-0.2, 0) is 9.57 Å². The number of oxime groups is 1. The van der Waals surface area contributed by atoms with E-state index in [2.05, 4.69) is 10.1 Å². The molecule has 0 amide bonds. The van der Waals surface area contributed by atoms with Gasteiger partial charge < -0.3 is 23.8 Å². The molecule has 10 heteroatoms. The molecule has 4 heterocycles. The summed E-state index contributed by atoms with van der Waals surface area (Å²) in [6.07, 6.45) is 8.54. The zero-order valence-electron chi connectivity index (χ0n) is 21.8. The van der Waals surface area contributed by atoms with E-state index in [1.807, 2.05) is 46.9 Å². The second-order valence-corrected chi connectivity index (χ2v) is 10.2. The lowest BCUT2D eigenvalue weighted by atomic mass is 9.81. The quantitative estimate of drug-likeness (QED) is 0.352. The van der Waals surface area contributed by atoms with Crippen LogP contribution in [-0.4, -0.2) is 52.8 Å². The van der Waals surface area contributed by atoms with Crippen molar-refractivity contribution >= 4 is 11.9 Å². The predicted octanol–water partition coefficient (Wildman–Crippen LogP) is 6.36. The molecular formula is C30H33F3N4O3. The van der Waals surface area contributed by atoms with Crippen LogP contribution in [0.3, 0.4) is 0 Å². The summed E-state index contributed by atoms with van der Waals surface area (Å²) in [6.45, 7) is 3.32. The summed E-state index contributed by atoms with van der Waals surface area (Å²) < 4.78 is 56.0. The van der Waals surface area contributed by atoms with Gasteiger partial charge in [-0.25, -0.2) is 18.2 Å². The van der Waals surface area contributed by atoms with E-state index in [0.717, 1.165) is 47.5 Å². The van der Waals surface area contributed by atoms with Gasteiger partial charge >= 0.3 is 0 Å². The average molecular weight is 555 g/mol. The van der Waals surface area contributed by atoms with Gasteiger partial charge in [0.05, 0.1) is 31.4 Å². The number of hydrogen-bond donors (Lipinski definition) is 0. The Kier molecular flexibility index (Phi) is 7.63. The maximum absolute atomic E-state index is 14.4. The van der Waals surface area contributed by atoms with E-state index in [1.54, 1.807) is 13.4 Å². The predicted molar refractivity (Wildman–Crippen MR) is 146 cm³/mol. The Hall–Kier alpha value is -3.79. The molecule has 1 unspecified atom stereocenters. The van der Waals surface area contributed by atoms with E-state index >= 15 is 0 Å². The van der Waals surface area contributed by atoms with Crippen LogP contribution in [0.4, 0.5) is 13.2 Å². The molecule has 1 spiro atoms. The van der Waals surface area contributed by atoms with Gasteiger partial charge in [0.15, 0.2) is 28.9 Å². The Morgan fingerprint density at radius 2 is 1.93 bits per heavy atom. The zero-order chi connectivity index (χ0) is 27.1. The molecule has 40 heavy (non-hydrogen) atoms. The fraction of sp³-hybridized carbons (Fsp3) is 0.400. The number of ether oxygens (including phenoxy) is 2. The Morgan fingerprint density at radius 3 is 2.60 bits per heavy atom. The van der Waals surface area contributed by atoms with Gasteiger partial charge in [0.1, 0.15) is 11.8 Å². The summed E-state index contributed by atoms with van der Waals surface area (Å²) in [5.41, 5.74) is 2.96. The standard InChI is InChI=1S/C29H29F3N4O3.CH4/c1-18-15-35(17-33-18)24-7-6-19(12-25(24)37-2)11-20-5-3-9-36-27(21-13-22(30)26(32)23(31)14-21)29(39-34-28(20)36)8-4-10-38-16-29;/h6-7,11-15,17,27H,3-5,8-10,16H2,1-2H3;1H4/b20-11+;/t27-,29?;/m0./s1. The highest BCUT2D eigenvalue weighted by Gasteiger charge is 2.52. The first kappa shape index (κ1) is 27.8. The molecule has 3 aliphatic rings. The largest absolute Gasteiger partial charge is 0.495 e. The number of imidazole rings is 1. The Balaban J connectivity index is 0.00000323. The van der Waals surface area contributed by atoms with Gasteiger partial charge in [-0.1, -0.05) is 18.6 Å². The van der Waals surface area contributed by atoms with E-state index in [4.69, 9.17) is 14.3 Å². The van der Waals surface area contributed by atoms with Gasteiger partial charge in [-0.3, -0.25) is 0 Å². The van der Waals surface area contributed by atoms with Crippen molar-refractivity contribution < 1.29 is 27.5 Å². The summed E-state index contributed by atoms with van der Waals surface area (Å²) in [5, 5.41) is 4.54. The second kappa shape index (κ2) is 11.0. The fourth-order valence-corrected chi connectivity index (χ4v) is 5.86. The van der Waals surface area contributed by atoms with Crippen LogP contribution < -0.4 is 4.74 Å². The molecule has 6 rings (SSSR count). The SMILES string of the molecule is C.COc1cc(/C=C2\CCCN3C2=NOC2(CCCOC2)[C@@H]3c2cc(F)c(F)c(F)c2)ccc1-n1cnc(C)c1.